The highest BCUT2D eigenvalue weighted by Gasteiger charge is 2.04. The topological polar surface area (TPSA) is 32.3 Å². The summed E-state index contributed by atoms with van der Waals surface area (Å²) in [5.41, 5.74) is 0.997. The first-order valence-electron chi connectivity index (χ1n) is 5.74. The summed E-state index contributed by atoms with van der Waals surface area (Å²) in [7, 11) is 0. The quantitative estimate of drug-likeness (QED) is 0.777. The molecule has 0 heterocycles. The van der Waals surface area contributed by atoms with E-state index in [4.69, 9.17) is 5.11 Å². The Kier molecular flexibility index (Phi) is 5.43. The Hall–Kier alpha value is -0.930. The number of aliphatic hydroxyl groups is 1. The van der Waals surface area contributed by atoms with Crippen molar-refractivity contribution in [3.63, 3.8) is 0 Å². The molecule has 0 saturated carbocycles. The lowest BCUT2D eigenvalue weighted by Gasteiger charge is -2.14. The predicted molar refractivity (Wildman–Crippen MR) is 63.9 cm³/mol. The lowest BCUT2D eigenvalue weighted by Crippen LogP contribution is -2.30. The largest absolute Gasteiger partial charge is 0.393 e. The highest BCUT2D eigenvalue weighted by atomic mass is 19.1. The Labute approximate surface area is 96.5 Å². The van der Waals surface area contributed by atoms with Crippen molar-refractivity contribution < 1.29 is 9.50 Å². The Balaban J connectivity index is 2.31. The minimum absolute atomic E-state index is 0.186. The molecule has 0 radical (unpaired) electrons. The molecule has 0 bridgehead atoms. The second-order valence-corrected chi connectivity index (χ2v) is 4.33. The van der Waals surface area contributed by atoms with Gasteiger partial charge in [-0.25, -0.2) is 4.39 Å². The van der Waals surface area contributed by atoms with Gasteiger partial charge in [0.25, 0.3) is 0 Å². The standard InChI is InChI=1S/C13H20FNO/c1-10(15-7-6-11(2)16)8-12-4-3-5-13(14)9-12/h3-5,9-11,15-16H,6-8H2,1-2H3. The van der Waals surface area contributed by atoms with Gasteiger partial charge in [-0.15, -0.1) is 0 Å². The average molecular weight is 225 g/mol. The zero-order chi connectivity index (χ0) is 12.0. The molecular formula is C13H20FNO. The van der Waals surface area contributed by atoms with Crippen LogP contribution in [0.2, 0.25) is 0 Å². The van der Waals surface area contributed by atoms with E-state index in [0.29, 0.717) is 6.04 Å². The molecule has 16 heavy (non-hydrogen) atoms. The lowest BCUT2D eigenvalue weighted by atomic mass is 10.1. The summed E-state index contributed by atoms with van der Waals surface area (Å²) in [5.74, 6) is -0.186. The van der Waals surface area contributed by atoms with E-state index < -0.39 is 0 Å². The normalized spacial score (nSPS) is 14.8. The molecular weight excluding hydrogens is 205 g/mol. The molecule has 3 heteroatoms. The summed E-state index contributed by atoms with van der Waals surface area (Å²) in [6.07, 6.45) is 1.28. The van der Waals surface area contributed by atoms with Crippen LogP contribution in [-0.2, 0) is 6.42 Å². The molecule has 90 valence electrons. The number of halogens is 1. The van der Waals surface area contributed by atoms with Crippen LogP contribution in [0.4, 0.5) is 4.39 Å². The first-order valence-corrected chi connectivity index (χ1v) is 5.74. The first kappa shape index (κ1) is 13.1. The summed E-state index contributed by atoms with van der Waals surface area (Å²) in [5, 5.41) is 12.4. The monoisotopic (exact) mass is 225 g/mol. The van der Waals surface area contributed by atoms with Gasteiger partial charge in [-0.05, 0) is 50.9 Å². The van der Waals surface area contributed by atoms with Crippen LogP contribution in [-0.4, -0.2) is 23.8 Å². The summed E-state index contributed by atoms with van der Waals surface area (Å²) in [6, 6.07) is 6.96. The predicted octanol–water partition coefficient (Wildman–Crippen LogP) is 2.12. The van der Waals surface area contributed by atoms with Gasteiger partial charge in [0.2, 0.25) is 0 Å². The molecule has 0 saturated heterocycles. The van der Waals surface area contributed by atoms with E-state index in [1.54, 1.807) is 19.1 Å². The zero-order valence-electron chi connectivity index (χ0n) is 9.91. The fraction of sp³-hybridized carbons (Fsp3) is 0.538. The number of nitrogens with one attached hydrogen (secondary N) is 1. The first-order chi connectivity index (χ1) is 7.58. The summed E-state index contributed by atoms with van der Waals surface area (Å²) >= 11 is 0. The molecule has 0 amide bonds. The van der Waals surface area contributed by atoms with E-state index in [2.05, 4.69) is 12.2 Å². The molecule has 2 nitrogen and oxygen atoms in total. The zero-order valence-corrected chi connectivity index (χ0v) is 9.91. The van der Waals surface area contributed by atoms with Crippen LogP contribution in [0.5, 0.6) is 0 Å². The average Bonchev–Trinajstić information content (AvgIpc) is 2.16. The van der Waals surface area contributed by atoms with Crippen molar-refractivity contribution in [1.29, 1.82) is 0 Å². The molecule has 0 spiro atoms. The van der Waals surface area contributed by atoms with Gasteiger partial charge in [0.15, 0.2) is 0 Å². The SMILES string of the molecule is CC(O)CCNC(C)Cc1cccc(F)c1. The van der Waals surface area contributed by atoms with E-state index in [9.17, 15) is 4.39 Å². The fourth-order valence-corrected chi connectivity index (χ4v) is 1.63. The minimum atomic E-state index is -0.270. The molecule has 2 N–H and O–H groups in total. The molecule has 0 fully saturated rings. The number of rotatable bonds is 6. The molecule has 1 aromatic carbocycles. The van der Waals surface area contributed by atoms with Gasteiger partial charge in [0.1, 0.15) is 5.82 Å². The Bertz CT molecular complexity index is 315. The van der Waals surface area contributed by atoms with Crippen LogP contribution in [0.1, 0.15) is 25.8 Å². The third kappa shape index (κ3) is 5.24. The molecule has 1 aromatic rings. The fourth-order valence-electron chi connectivity index (χ4n) is 1.63. The smallest absolute Gasteiger partial charge is 0.123 e. The van der Waals surface area contributed by atoms with E-state index in [-0.39, 0.29) is 11.9 Å². The van der Waals surface area contributed by atoms with Gasteiger partial charge in [-0.1, -0.05) is 12.1 Å². The number of hydrogen-bond donors (Lipinski definition) is 2. The summed E-state index contributed by atoms with van der Waals surface area (Å²) in [6.45, 7) is 4.63. The van der Waals surface area contributed by atoms with Crippen molar-refractivity contribution in [3.8, 4) is 0 Å². The molecule has 0 aromatic heterocycles. The molecule has 0 aliphatic heterocycles. The molecule has 2 atom stereocenters. The van der Waals surface area contributed by atoms with Crippen LogP contribution in [0.15, 0.2) is 24.3 Å². The highest BCUT2D eigenvalue weighted by Crippen LogP contribution is 2.06. The van der Waals surface area contributed by atoms with E-state index in [1.807, 2.05) is 6.07 Å². The van der Waals surface area contributed by atoms with Crippen LogP contribution < -0.4 is 5.32 Å². The number of benzene rings is 1. The van der Waals surface area contributed by atoms with Crippen molar-refractivity contribution in [2.75, 3.05) is 6.54 Å². The van der Waals surface area contributed by atoms with Crippen LogP contribution >= 0.6 is 0 Å². The summed E-state index contributed by atoms with van der Waals surface area (Å²) in [4.78, 5) is 0. The van der Waals surface area contributed by atoms with Gasteiger partial charge in [0.05, 0.1) is 6.10 Å². The minimum Gasteiger partial charge on any atom is -0.393 e. The lowest BCUT2D eigenvalue weighted by molar-refractivity contribution is 0.182. The van der Waals surface area contributed by atoms with E-state index in [0.717, 1.165) is 24.9 Å². The van der Waals surface area contributed by atoms with Crippen molar-refractivity contribution in [3.05, 3.63) is 35.6 Å². The van der Waals surface area contributed by atoms with Crippen molar-refractivity contribution in [1.82, 2.24) is 5.32 Å². The van der Waals surface area contributed by atoms with Gasteiger partial charge < -0.3 is 10.4 Å². The van der Waals surface area contributed by atoms with Crippen molar-refractivity contribution in [2.24, 2.45) is 0 Å². The molecule has 2 unspecified atom stereocenters. The van der Waals surface area contributed by atoms with Crippen molar-refractivity contribution in [2.45, 2.75) is 38.8 Å². The van der Waals surface area contributed by atoms with Gasteiger partial charge in [-0.2, -0.15) is 0 Å². The molecule has 1 rings (SSSR count). The number of aliphatic hydroxyl groups excluding tert-OH is 1. The van der Waals surface area contributed by atoms with Gasteiger partial charge >= 0.3 is 0 Å². The summed E-state index contributed by atoms with van der Waals surface area (Å²) < 4.78 is 12.9. The maximum absolute atomic E-state index is 12.9. The third-order valence-electron chi connectivity index (χ3n) is 2.49. The second kappa shape index (κ2) is 6.61. The van der Waals surface area contributed by atoms with Crippen LogP contribution in [0.3, 0.4) is 0 Å². The molecule has 0 aliphatic rings. The maximum atomic E-state index is 12.9. The molecule has 0 aliphatic carbocycles. The third-order valence-corrected chi connectivity index (χ3v) is 2.49. The Morgan fingerprint density at radius 1 is 1.38 bits per heavy atom. The highest BCUT2D eigenvalue weighted by molar-refractivity contribution is 5.17. The van der Waals surface area contributed by atoms with Crippen LogP contribution in [0, 0.1) is 5.82 Å². The number of hydrogen-bond acceptors (Lipinski definition) is 2. The van der Waals surface area contributed by atoms with Crippen LogP contribution in [0.25, 0.3) is 0 Å². The van der Waals surface area contributed by atoms with E-state index in [1.165, 1.54) is 6.07 Å². The van der Waals surface area contributed by atoms with Gasteiger partial charge in [-0.3, -0.25) is 0 Å². The Morgan fingerprint density at radius 3 is 2.75 bits per heavy atom. The van der Waals surface area contributed by atoms with Gasteiger partial charge in [0, 0.05) is 6.04 Å². The maximum Gasteiger partial charge on any atom is 0.123 e. The second-order valence-electron chi connectivity index (χ2n) is 4.33. The van der Waals surface area contributed by atoms with E-state index >= 15 is 0 Å². The van der Waals surface area contributed by atoms with Crippen molar-refractivity contribution >= 4 is 0 Å². The Morgan fingerprint density at radius 2 is 2.12 bits per heavy atom.